The molecule has 0 radical (unpaired) electrons. The van der Waals surface area contributed by atoms with Gasteiger partial charge < -0.3 is 9.47 Å². The van der Waals surface area contributed by atoms with E-state index in [-0.39, 0.29) is 6.10 Å². The molecule has 4 heteroatoms. The number of carbonyl (C=O) groups excluding carboxylic acids is 2. The van der Waals surface area contributed by atoms with E-state index in [2.05, 4.69) is 4.74 Å². The smallest absolute Gasteiger partial charge is 0.431 e. The lowest BCUT2D eigenvalue weighted by molar-refractivity contribution is 0.0245. The predicted octanol–water partition coefficient (Wildman–Crippen LogP) is 3.09. The van der Waals surface area contributed by atoms with Crippen molar-refractivity contribution in [2.75, 3.05) is 0 Å². The zero-order chi connectivity index (χ0) is 12.8. The Hall–Kier alpha value is -1.84. The Labute approximate surface area is 101 Å². The van der Waals surface area contributed by atoms with Crippen LogP contribution < -0.4 is 0 Å². The third-order valence-electron chi connectivity index (χ3n) is 2.34. The molecule has 0 amide bonds. The molecule has 0 aliphatic rings. The molecule has 1 aromatic carbocycles. The van der Waals surface area contributed by atoms with E-state index in [4.69, 9.17) is 4.74 Å². The van der Waals surface area contributed by atoms with Gasteiger partial charge >= 0.3 is 12.1 Å². The molecule has 92 valence electrons. The first-order chi connectivity index (χ1) is 8.02. The standard InChI is InChI=1S/C13H16O4/c1-4-10(3)16-13(15)17-12(14)11-7-5-9(2)6-8-11/h5-8,10H,4H2,1-3H3. The Bertz CT molecular complexity index is 394. The van der Waals surface area contributed by atoms with Crippen LogP contribution in [0.1, 0.15) is 36.2 Å². The van der Waals surface area contributed by atoms with E-state index in [1.807, 2.05) is 13.8 Å². The largest absolute Gasteiger partial charge is 0.516 e. The lowest BCUT2D eigenvalue weighted by Gasteiger charge is -2.09. The minimum absolute atomic E-state index is 0.256. The second-order valence-corrected chi connectivity index (χ2v) is 3.84. The Balaban J connectivity index is 2.54. The molecule has 0 aromatic heterocycles. The van der Waals surface area contributed by atoms with Gasteiger partial charge in [-0.3, -0.25) is 0 Å². The highest BCUT2D eigenvalue weighted by Gasteiger charge is 2.15. The molecule has 0 bridgehead atoms. The molecule has 0 aliphatic heterocycles. The fraction of sp³-hybridized carbons (Fsp3) is 0.385. The number of benzene rings is 1. The van der Waals surface area contributed by atoms with Crippen molar-refractivity contribution >= 4 is 12.1 Å². The van der Waals surface area contributed by atoms with Gasteiger partial charge in [0, 0.05) is 0 Å². The summed E-state index contributed by atoms with van der Waals surface area (Å²) in [6.45, 7) is 5.52. The maximum atomic E-state index is 11.5. The highest BCUT2D eigenvalue weighted by atomic mass is 16.7. The average molecular weight is 236 g/mol. The molecule has 1 aromatic rings. The van der Waals surface area contributed by atoms with Crippen LogP contribution in [0.25, 0.3) is 0 Å². The van der Waals surface area contributed by atoms with Crippen molar-refractivity contribution in [3.63, 3.8) is 0 Å². The summed E-state index contributed by atoms with van der Waals surface area (Å²) in [4.78, 5) is 22.7. The Morgan fingerprint density at radius 2 is 1.82 bits per heavy atom. The summed E-state index contributed by atoms with van der Waals surface area (Å²) in [7, 11) is 0. The van der Waals surface area contributed by atoms with Gasteiger partial charge in [0.1, 0.15) is 6.10 Å². The number of aryl methyl sites for hydroxylation is 1. The van der Waals surface area contributed by atoms with Gasteiger partial charge in [-0.15, -0.1) is 0 Å². The van der Waals surface area contributed by atoms with Crippen molar-refractivity contribution in [1.29, 1.82) is 0 Å². The molecule has 0 saturated heterocycles. The SMILES string of the molecule is CCC(C)OC(=O)OC(=O)c1ccc(C)cc1. The minimum atomic E-state index is -0.954. The van der Waals surface area contributed by atoms with E-state index in [1.165, 1.54) is 0 Å². The summed E-state index contributed by atoms with van der Waals surface area (Å²) in [6.07, 6.45) is -0.536. The van der Waals surface area contributed by atoms with E-state index in [1.54, 1.807) is 31.2 Å². The van der Waals surface area contributed by atoms with Gasteiger partial charge in [-0.05, 0) is 32.4 Å². The molecular formula is C13H16O4. The van der Waals surface area contributed by atoms with Gasteiger partial charge in [-0.25, -0.2) is 9.59 Å². The van der Waals surface area contributed by atoms with Gasteiger partial charge in [0.2, 0.25) is 0 Å². The molecule has 1 atom stereocenters. The Kier molecular flexibility index (Phi) is 4.69. The van der Waals surface area contributed by atoms with Crippen LogP contribution in [0, 0.1) is 6.92 Å². The van der Waals surface area contributed by atoms with Crippen LogP contribution >= 0.6 is 0 Å². The number of carbonyl (C=O) groups is 2. The van der Waals surface area contributed by atoms with Crippen molar-refractivity contribution in [2.24, 2.45) is 0 Å². The van der Waals surface area contributed by atoms with Gasteiger partial charge in [0.25, 0.3) is 0 Å². The van der Waals surface area contributed by atoms with Crippen LogP contribution in [0.4, 0.5) is 4.79 Å². The van der Waals surface area contributed by atoms with Crippen molar-refractivity contribution in [2.45, 2.75) is 33.3 Å². The van der Waals surface area contributed by atoms with Gasteiger partial charge in [-0.2, -0.15) is 0 Å². The first-order valence-corrected chi connectivity index (χ1v) is 5.52. The van der Waals surface area contributed by atoms with E-state index in [9.17, 15) is 9.59 Å². The number of esters is 1. The number of hydrogen-bond donors (Lipinski definition) is 0. The predicted molar refractivity (Wildman–Crippen MR) is 62.8 cm³/mol. The van der Waals surface area contributed by atoms with Crippen LogP contribution in [-0.4, -0.2) is 18.2 Å². The molecular weight excluding hydrogens is 220 g/mol. The minimum Gasteiger partial charge on any atom is -0.431 e. The highest BCUT2D eigenvalue weighted by Crippen LogP contribution is 2.06. The van der Waals surface area contributed by atoms with Crippen LogP contribution in [0.5, 0.6) is 0 Å². The number of hydrogen-bond acceptors (Lipinski definition) is 4. The Morgan fingerprint density at radius 3 is 2.35 bits per heavy atom. The van der Waals surface area contributed by atoms with Gasteiger partial charge in [0.15, 0.2) is 0 Å². The number of ether oxygens (including phenoxy) is 2. The maximum absolute atomic E-state index is 11.5. The third-order valence-corrected chi connectivity index (χ3v) is 2.34. The van der Waals surface area contributed by atoms with Crippen molar-refractivity contribution < 1.29 is 19.1 Å². The molecule has 0 heterocycles. The summed E-state index contributed by atoms with van der Waals surface area (Å²) in [5.41, 5.74) is 1.36. The van der Waals surface area contributed by atoms with E-state index in [0.717, 1.165) is 5.56 Å². The second-order valence-electron chi connectivity index (χ2n) is 3.84. The molecule has 0 fully saturated rings. The molecule has 0 saturated carbocycles. The van der Waals surface area contributed by atoms with Crippen molar-refractivity contribution in [3.05, 3.63) is 35.4 Å². The third kappa shape index (κ3) is 4.26. The summed E-state index contributed by atoms with van der Waals surface area (Å²) in [5, 5.41) is 0. The molecule has 1 rings (SSSR count). The zero-order valence-corrected chi connectivity index (χ0v) is 10.2. The highest BCUT2D eigenvalue weighted by molar-refractivity contribution is 5.95. The summed E-state index contributed by atoms with van der Waals surface area (Å²) in [6, 6.07) is 6.76. The lowest BCUT2D eigenvalue weighted by atomic mass is 10.2. The first-order valence-electron chi connectivity index (χ1n) is 5.52. The van der Waals surface area contributed by atoms with Crippen LogP contribution in [0.3, 0.4) is 0 Å². The van der Waals surface area contributed by atoms with Crippen molar-refractivity contribution in [1.82, 2.24) is 0 Å². The van der Waals surface area contributed by atoms with E-state index >= 15 is 0 Å². The Morgan fingerprint density at radius 1 is 1.24 bits per heavy atom. The first kappa shape index (κ1) is 13.2. The van der Waals surface area contributed by atoms with Crippen LogP contribution in [0.2, 0.25) is 0 Å². The number of rotatable bonds is 3. The zero-order valence-electron chi connectivity index (χ0n) is 10.2. The quantitative estimate of drug-likeness (QED) is 0.597. The summed E-state index contributed by atoms with van der Waals surface area (Å²) < 4.78 is 9.38. The molecule has 0 spiro atoms. The molecule has 0 N–H and O–H groups in total. The normalized spacial score (nSPS) is 11.7. The van der Waals surface area contributed by atoms with Gasteiger partial charge in [0.05, 0.1) is 5.56 Å². The molecule has 1 unspecified atom stereocenters. The lowest BCUT2D eigenvalue weighted by Crippen LogP contribution is -2.18. The fourth-order valence-electron chi connectivity index (χ4n) is 1.10. The molecule has 0 aliphatic carbocycles. The van der Waals surface area contributed by atoms with Gasteiger partial charge in [-0.1, -0.05) is 24.6 Å². The molecule has 4 nitrogen and oxygen atoms in total. The fourth-order valence-corrected chi connectivity index (χ4v) is 1.10. The average Bonchev–Trinajstić information content (AvgIpc) is 2.29. The molecule has 17 heavy (non-hydrogen) atoms. The second kappa shape index (κ2) is 6.03. The monoisotopic (exact) mass is 236 g/mol. The summed E-state index contributed by atoms with van der Waals surface area (Å²) >= 11 is 0. The van der Waals surface area contributed by atoms with Crippen LogP contribution in [-0.2, 0) is 9.47 Å². The summed E-state index contributed by atoms with van der Waals surface area (Å²) in [5.74, 6) is -0.696. The van der Waals surface area contributed by atoms with E-state index in [0.29, 0.717) is 12.0 Å². The van der Waals surface area contributed by atoms with Crippen LogP contribution in [0.15, 0.2) is 24.3 Å². The van der Waals surface area contributed by atoms with E-state index < -0.39 is 12.1 Å². The maximum Gasteiger partial charge on any atom is 0.516 e. The van der Waals surface area contributed by atoms with Crippen molar-refractivity contribution in [3.8, 4) is 0 Å². The topological polar surface area (TPSA) is 52.6 Å².